The van der Waals surface area contributed by atoms with Gasteiger partial charge in [-0.25, -0.2) is 10.2 Å². The Hall–Kier alpha value is -0.880. The fourth-order valence-corrected chi connectivity index (χ4v) is 0.408. The van der Waals surface area contributed by atoms with E-state index < -0.39 is 0 Å². The van der Waals surface area contributed by atoms with Crippen LogP contribution >= 0.6 is 0 Å². The van der Waals surface area contributed by atoms with E-state index >= 15 is 0 Å². The molecule has 0 saturated heterocycles. The summed E-state index contributed by atoms with van der Waals surface area (Å²) in [6, 6.07) is 0. The van der Waals surface area contributed by atoms with E-state index in [4.69, 9.17) is 10.2 Å². The van der Waals surface area contributed by atoms with E-state index in [1.165, 1.54) is 6.42 Å². The second-order valence-corrected chi connectivity index (χ2v) is 2.30. The summed E-state index contributed by atoms with van der Waals surface area (Å²) >= 11 is 0. The first-order chi connectivity index (χ1) is 4.68. The maximum Gasteiger partial charge on any atom is 0.231 e. The van der Waals surface area contributed by atoms with Crippen LogP contribution in [-0.4, -0.2) is 6.08 Å². The maximum atomic E-state index is 8.35. The Morgan fingerprint density at radius 3 is 2.10 bits per heavy atom. The molecule has 0 aromatic heterocycles. The Labute approximate surface area is 62.5 Å². The summed E-state index contributed by atoms with van der Waals surface area (Å²) < 4.78 is 0. The Balaban J connectivity index is 0. The van der Waals surface area contributed by atoms with E-state index in [0.29, 0.717) is 0 Å². The number of carbonyl (C=O) groups excluding carboxylic acids is 1. The van der Waals surface area contributed by atoms with Crippen LogP contribution in [0.2, 0.25) is 0 Å². The van der Waals surface area contributed by atoms with Gasteiger partial charge in [-0.05, 0) is 19.3 Å². The quantitative estimate of drug-likeness (QED) is 0.358. The fourth-order valence-electron chi connectivity index (χ4n) is 0.408. The molecule has 0 unspecified atom stereocenters. The Kier molecular flexibility index (Phi) is 13.0. The zero-order valence-corrected chi connectivity index (χ0v) is 6.85. The molecule has 2 nitrogen and oxygen atoms in total. The molecule has 0 atom stereocenters. The number of hydrogen-bond donors (Lipinski definition) is 1. The van der Waals surface area contributed by atoms with Crippen LogP contribution in [0.4, 0.5) is 0 Å². The molecule has 10 heavy (non-hydrogen) atoms. The lowest BCUT2D eigenvalue weighted by atomic mass is 10.1. The minimum atomic E-state index is 0.750. The topological polar surface area (TPSA) is 40.9 Å². The van der Waals surface area contributed by atoms with E-state index in [2.05, 4.69) is 32.9 Å². The van der Waals surface area contributed by atoms with Gasteiger partial charge in [0.15, 0.2) is 0 Å². The van der Waals surface area contributed by atoms with Crippen LogP contribution in [0.15, 0.2) is 12.2 Å². The molecule has 0 saturated carbocycles. The van der Waals surface area contributed by atoms with Crippen LogP contribution < -0.4 is 0 Å². The first-order valence-electron chi connectivity index (χ1n) is 3.34. The van der Waals surface area contributed by atoms with Crippen molar-refractivity contribution in [2.45, 2.75) is 27.2 Å². The molecule has 0 fully saturated rings. The number of nitrogens with one attached hydrogen (secondary N) is 1. The van der Waals surface area contributed by atoms with E-state index in [0.717, 1.165) is 12.0 Å². The van der Waals surface area contributed by atoms with Crippen molar-refractivity contribution in [3.05, 3.63) is 12.2 Å². The third-order valence-corrected chi connectivity index (χ3v) is 0.843. The summed E-state index contributed by atoms with van der Waals surface area (Å²) in [6.45, 7) is 6.50. The lowest BCUT2D eigenvalue weighted by Crippen LogP contribution is -1.79. The largest absolute Gasteiger partial charge is 0.231 e. The zero-order chi connectivity index (χ0) is 8.41. The second-order valence-electron chi connectivity index (χ2n) is 2.30. The molecule has 0 bridgehead atoms. The highest BCUT2D eigenvalue weighted by atomic mass is 16.1. The van der Waals surface area contributed by atoms with Crippen molar-refractivity contribution in [2.24, 2.45) is 5.92 Å². The lowest BCUT2D eigenvalue weighted by molar-refractivity contribution is 0.563. The predicted octanol–water partition coefficient (Wildman–Crippen LogP) is 2.51. The summed E-state index contributed by atoms with van der Waals surface area (Å²) in [6.07, 6.45) is 6.27. The molecule has 0 heterocycles. The molecule has 1 N–H and O–H groups in total. The van der Waals surface area contributed by atoms with Crippen LogP contribution in [-0.2, 0) is 4.79 Å². The Morgan fingerprint density at radius 1 is 1.60 bits per heavy atom. The lowest BCUT2D eigenvalue weighted by Gasteiger charge is -1.93. The molecule has 0 aliphatic rings. The average Bonchev–Trinajstić information content (AvgIpc) is 1.85. The molecule has 0 spiro atoms. The van der Waals surface area contributed by atoms with Gasteiger partial charge in [0.25, 0.3) is 0 Å². The summed E-state index contributed by atoms with van der Waals surface area (Å²) in [5.74, 6) is 0.816. The molecular weight excluding hydrogens is 126 g/mol. The van der Waals surface area contributed by atoms with Crippen molar-refractivity contribution >= 4 is 6.08 Å². The highest BCUT2D eigenvalue weighted by Crippen LogP contribution is 1.98. The molecule has 2 heteroatoms. The van der Waals surface area contributed by atoms with Crippen LogP contribution in [0, 0.1) is 11.3 Å². The molecule has 0 amide bonds. The Bertz CT molecular complexity index is 110. The standard InChI is InChI=1S/C7H14.CHNO/c1-4-5-6-7(2)3;2-1-3/h4-5,7H,6H2,1-3H3;2H. The highest BCUT2D eigenvalue weighted by molar-refractivity contribution is 5.26. The van der Waals surface area contributed by atoms with Crippen LogP contribution in [0.3, 0.4) is 0 Å². The van der Waals surface area contributed by atoms with Gasteiger partial charge < -0.3 is 0 Å². The zero-order valence-electron chi connectivity index (χ0n) is 6.85. The summed E-state index contributed by atoms with van der Waals surface area (Å²) in [5.41, 5.74) is 0. The fraction of sp³-hybridized carbons (Fsp3) is 0.625. The normalized spacial score (nSPS) is 8.80. The molecule has 0 rings (SSSR count). The van der Waals surface area contributed by atoms with Crippen molar-refractivity contribution in [1.82, 2.24) is 0 Å². The maximum absolute atomic E-state index is 8.35. The first kappa shape index (κ1) is 11.9. The van der Waals surface area contributed by atoms with Crippen molar-refractivity contribution in [2.75, 3.05) is 0 Å². The highest BCUT2D eigenvalue weighted by Gasteiger charge is 1.83. The number of allylic oxidation sites excluding steroid dienone is 2. The minimum Gasteiger partial charge on any atom is -0.222 e. The van der Waals surface area contributed by atoms with Crippen molar-refractivity contribution in [3.8, 4) is 0 Å². The van der Waals surface area contributed by atoms with Gasteiger partial charge in [0.2, 0.25) is 6.08 Å². The van der Waals surface area contributed by atoms with Gasteiger partial charge in [-0.1, -0.05) is 26.0 Å². The molecule has 0 aliphatic heterocycles. The van der Waals surface area contributed by atoms with Crippen molar-refractivity contribution in [3.63, 3.8) is 0 Å². The number of hydrogen-bond acceptors (Lipinski definition) is 2. The molecule has 58 valence electrons. The molecular formula is C8H15NO. The Morgan fingerprint density at radius 2 is 2.00 bits per heavy atom. The molecule has 0 aromatic rings. The van der Waals surface area contributed by atoms with E-state index in [1.807, 2.05) is 0 Å². The van der Waals surface area contributed by atoms with Gasteiger partial charge in [0.05, 0.1) is 0 Å². The number of isocyanates is 1. The average molecular weight is 141 g/mol. The van der Waals surface area contributed by atoms with Gasteiger partial charge in [-0.3, -0.25) is 0 Å². The smallest absolute Gasteiger partial charge is 0.222 e. The molecule has 0 radical (unpaired) electrons. The van der Waals surface area contributed by atoms with Gasteiger partial charge in [0, 0.05) is 0 Å². The van der Waals surface area contributed by atoms with E-state index in [9.17, 15) is 0 Å². The molecule has 0 aromatic carbocycles. The van der Waals surface area contributed by atoms with Crippen LogP contribution in [0.25, 0.3) is 0 Å². The molecule has 0 aliphatic carbocycles. The second kappa shape index (κ2) is 11.0. The van der Waals surface area contributed by atoms with E-state index in [1.54, 1.807) is 0 Å². The van der Waals surface area contributed by atoms with Gasteiger partial charge in [0.1, 0.15) is 0 Å². The monoisotopic (exact) mass is 141 g/mol. The summed E-state index contributed by atoms with van der Waals surface area (Å²) in [5, 5.41) is 5.40. The van der Waals surface area contributed by atoms with Gasteiger partial charge in [-0.15, -0.1) is 0 Å². The van der Waals surface area contributed by atoms with Crippen molar-refractivity contribution in [1.29, 1.82) is 5.41 Å². The number of rotatable bonds is 2. The third kappa shape index (κ3) is 27.4. The SMILES string of the molecule is CC=CCC(C)C.N=C=O. The van der Waals surface area contributed by atoms with Crippen LogP contribution in [0.1, 0.15) is 27.2 Å². The summed E-state index contributed by atoms with van der Waals surface area (Å²) in [7, 11) is 0. The summed E-state index contributed by atoms with van der Waals surface area (Å²) in [4.78, 5) is 8.35. The van der Waals surface area contributed by atoms with E-state index in [-0.39, 0.29) is 0 Å². The minimum absolute atomic E-state index is 0.750. The predicted molar refractivity (Wildman–Crippen MR) is 42.7 cm³/mol. The first-order valence-corrected chi connectivity index (χ1v) is 3.34. The van der Waals surface area contributed by atoms with Gasteiger partial charge in [-0.2, -0.15) is 0 Å². The van der Waals surface area contributed by atoms with Crippen molar-refractivity contribution < 1.29 is 4.79 Å². The van der Waals surface area contributed by atoms with Gasteiger partial charge >= 0.3 is 0 Å². The third-order valence-electron chi connectivity index (χ3n) is 0.843. The van der Waals surface area contributed by atoms with Crippen LogP contribution in [0.5, 0.6) is 0 Å².